The number of carbonyl (C=O) groups excluding carboxylic acids is 1. The van der Waals surface area contributed by atoms with Crippen LogP contribution in [0.4, 0.5) is 5.82 Å². The lowest BCUT2D eigenvalue weighted by Gasteiger charge is -2.50. The highest BCUT2D eigenvalue weighted by Gasteiger charge is 2.41. The molecule has 38 heavy (non-hydrogen) atoms. The fourth-order valence-electron chi connectivity index (χ4n) is 5.86. The van der Waals surface area contributed by atoms with E-state index in [2.05, 4.69) is 51.3 Å². The minimum absolute atomic E-state index is 0.0583. The summed E-state index contributed by atoms with van der Waals surface area (Å²) in [5, 5.41) is 21.7. The van der Waals surface area contributed by atoms with Crippen LogP contribution in [-0.4, -0.2) is 48.9 Å². The van der Waals surface area contributed by atoms with Crippen molar-refractivity contribution in [1.82, 2.24) is 29.7 Å². The van der Waals surface area contributed by atoms with Crippen molar-refractivity contribution in [3.05, 3.63) is 67.4 Å². The van der Waals surface area contributed by atoms with Gasteiger partial charge < -0.3 is 10.2 Å². The van der Waals surface area contributed by atoms with Gasteiger partial charge in [-0.2, -0.15) is 15.5 Å². The van der Waals surface area contributed by atoms with Crippen LogP contribution in [0.5, 0.6) is 0 Å². The Balaban J connectivity index is 1.28. The Morgan fingerprint density at radius 3 is 2.71 bits per heavy atom. The number of nitriles is 1. The van der Waals surface area contributed by atoms with Crippen LogP contribution in [0.2, 0.25) is 0 Å². The molecule has 192 valence electrons. The van der Waals surface area contributed by atoms with Crippen LogP contribution in [0, 0.1) is 23.2 Å². The van der Waals surface area contributed by atoms with Crippen LogP contribution >= 0.6 is 0 Å². The standard InChI is InChI=1S/C29H30N8O/c1-4-18(2)29(38)34-26-10-24-7-5-20(26)16-36(24)27-8-6-19(12-31-27)25-9-21(23-14-32-35(3)15-23)17-37-28(25)22(11-30)13-33-37/h4,6,8-9,12-15,17-18,20,24,26H,1,5,7,10,16H2,2-3H3,(H,34,38). The lowest BCUT2D eigenvalue weighted by atomic mass is 9.76. The second-order valence-electron chi connectivity index (χ2n) is 10.4. The summed E-state index contributed by atoms with van der Waals surface area (Å²) in [4.78, 5) is 19.7. The third-order valence-electron chi connectivity index (χ3n) is 8.06. The molecule has 1 amide bonds. The van der Waals surface area contributed by atoms with Gasteiger partial charge in [-0.3, -0.25) is 9.48 Å². The van der Waals surface area contributed by atoms with E-state index in [-0.39, 0.29) is 17.9 Å². The molecule has 1 aliphatic carbocycles. The predicted molar refractivity (Wildman–Crippen MR) is 145 cm³/mol. The molecule has 2 bridgehead atoms. The molecule has 2 saturated heterocycles. The molecule has 2 aliphatic heterocycles. The average Bonchev–Trinajstić information content (AvgIpc) is 3.58. The van der Waals surface area contributed by atoms with Gasteiger partial charge in [-0.1, -0.05) is 13.0 Å². The number of carbonyl (C=O) groups is 1. The summed E-state index contributed by atoms with van der Waals surface area (Å²) in [6.07, 6.45) is 14.0. The van der Waals surface area contributed by atoms with E-state index in [1.165, 1.54) is 0 Å². The number of piperidine rings is 2. The fraction of sp³-hybridized carbons (Fsp3) is 0.345. The Hall–Kier alpha value is -4.45. The maximum Gasteiger partial charge on any atom is 0.226 e. The molecular weight excluding hydrogens is 476 g/mol. The third kappa shape index (κ3) is 4.12. The highest BCUT2D eigenvalue weighted by atomic mass is 16.1. The lowest BCUT2D eigenvalue weighted by Crippen LogP contribution is -2.59. The summed E-state index contributed by atoms with van der Waals surface area (Å²) in [5.41, 5.74) is 5.05. The number of nitrogens with one attached hydrogen (secondary N) is 1. The van der Waals surface area contributed by atoms with Gasteiger partial charge in [0.2, 0.25) is 5.91 Å². The first-order valence-corrected chi connectivity index (χ1v) is 13.0. The van der Waals surface area contributed by atoms with Crippen molar-refractivity contribution in [3.8, 4) is 28.3 Å². The Morgan fingerprint density at radius 1 is 1.18 bits per heavy atom. The van der Waals surface area contributed by atoms with E-state index in [0.29, 0.717) is 17.5 Å². The first-order chi connectivity index (χ1) is 18.4. The second kappa shape index (κ2) is 9.45. The number of amides is 1. The van der Waals surface area contributed by atoms with Crippen LogP contribution in [0.1, 0.15) is 31.7 Å². The number of rotatable bonds is 6. The number of anilines is 1. The van der Waals surface area contributed by atoms with E-state index in [4.69, 9.17) is 4.98 Å². The van der Waals surface area contributed by atoms with Crippen molar-refractivity contribution in [2.45, 2.75) is 38.3 Å². The maximum atomic E-state index is 12.4. The van der Waals surface area contributed by atoms with Gasteiger partial charge in [0.05, 0.1) is 29.4 Å². The van der Waals surface area contributed by atoms with Gasteiger partial charge in [0, 0.05) is 66.5 Å². The lowest BCUT2D eigenvalue weighted by molar-refractivity contribution is -0.124. The van der Waals surface area contributed by atoms with Gasteiger partial charge in [-0.15, -0.1) is 6.58 Å². The Kier molecular flexibility index (Phi) is 5.95. The van der Waals surface area contributed by atoms with E-state index >= 15 is 0 Å². The molecule has 3 fully saturated rings. The van der Waals surface area contributed by atoms with Crippen LogP contribution in [0.3, 0.4) is 0 Å². The minimum Gasteiger partial charge on any atom is -0.353 e. The molecule has 7 rings (SSSR count). The van der Waals surface area contributed by atoms with E-state index < -0.39 is 0 Å². The van der Waals surface area contributed by atoms with Crippen molar-refractivity contribution in [2.75, 3.05) is 11.4 Å². The van der Waals surface area contributed by atoms with Crippen LogP contribution in [0.15, 0.2) is 61.8 Å². The number of aromatic nitrogens is 5. The fourth-order valence-corrected chi connectivity index (χ4v) is 5.86. The van der Waals surface area contributed by atoms with Gasteiger partial charge in [0.15, 0.2) is 0 Å². The number of hydrogen-bond donors (Lipinski definition) is 1. The highest BCUT2D eigenvalue weighted by Crippen LogP contribution is 2.38. The molecule has 1 N–H and O–H groups in total. The monoisotopic (exact) mass is 506 g/mol. The smallest absolute Gasteiger partial charge is 0.226 e. The Labute approximate surface area is 221 Å². The number of nitrogens with zero attached hydrogens (tertiary/aromatic N) is 7. The van der Waals surface area contributed by atoms with Crippen LogP contribution in [0.25, 0.3) is 27.8 Å². The van der Waals surface area contributed by atoms with Crippen LogP contribution < -0.4 is 10.2 Å². The Bertz CT molecular complexity index is 1560. The largest absolute Gasteiger partial charge is 0.353 e. The van der Waals surface area contributed by atoms with Crippen molar-refractivity contribution in [1.29, 1.82) is 5.26 Å². The van der Waals surface area contributed by atoms with E-state index in [0.717, 1.165) is 59.4 Å². The van der Waals surface area contributed by atoms with Crippen molar-refractivity contribution in [3.63, 3.8) is 0 Å². The molecule has 6 heterocycles. The molecule has 0 aromatic carbocycles. The second-order valence-corrected chi connectivity index (χ2v) is 10.4. The first kappa shape index (κ1) is 23.9. The summed E-state index contributed by atoms with van der Waals surface area (Å²) < 4.78 is 3.52. The molecule has 0 radical (unpaired) electrons. The molecule has 4 unspecified atom stereocenters. The third-order valence-corrected chi connectivity index (χ3v) is 8.06. The zero-order valence-electron chi connectivity index (χ0n) is 21.6. The summed E-state index contributed by atoms with van der Waals surface area (Å²) in [6, 6.07) is 9.04. The number of hydrogen-bond acceptors (Lipinski definition) is 6. The molecule has 4 atom stereocenters. The normalized spacial score (nSPS) is 21.3. The SMILES string of the molecule is C=CC(C)C(=O)NC1CC2CCC1CN2c1ccc(-c2cc(-c3cnn(C)c3)cn3ncc(C#N)c23)cn1. The number of pyridine rings is 2. The molecule has 0 spiro atoms. The van der Waals surface area contributed by atoms with Gasteiger partial charge in [0.25, 0.3) is 0 Å². The summed E-state index contributed by atoms with van der Waals surface area (Å²) in [6.45, 7) is 6.51. The minimum atomic E-state index is -0.179. The summed E-state index contributed by atoms with van der Waals surface area (Å²) in [5.74, 6) is 1.23. The highest BCUT2D eigenvalue weighted by molar-refractivity contribution is 5.87. The predicted octanol–water partition coefficient (Wildman–Crippen LogP) is 3.96. The van der Waals surface area contributed by atoms with E-state index in [9.17, 15) is 10.1 Å². The average molecular weight is 507 g/mol. The van der Waals surface area contributed by atoms with E-state index in [1.807, 2.05) is 38.8 Å². The summed E-state index contributed by atoms with van der Waals surface area (Å²) >= 11 is 0. The van der Waals surface area contributed by atoms with Crippen molar-refractivity contribution >= 4 is 17.2 Å². The van der Waals surface area contributed by atoms with Crippen molar-refractivity contribution < 1.29 is 4.79 Å². The first-order valence-electron chi connectivity index (χ1n) is 13.0. The topological polar surface area (TPSA) is 104 Å². The molecule has 1 saturated carbocycles. The van der Waals surface area contributed by atoms with Gasteiger partial charge in [-0.25, -0.2) is 9.50 Å². The number of fused-ring (bicyclic) bond motifs is 4. The zero-order chi connectivity index (χ0) is 26.4. The molecule has 9 nitrogen and oxygen atoms in total. The zero-order valence-corrected chi connectivity index (χ0v) is 21.6. The summed E-state index contributed by atoms with van der Waals surface area (Å²) in [7, 11) is 1.89. The van der Waals surface area contributed by atoms with Crippen molar-refractivity contribution in [2.24, 2.45) is 18.9 Å². The molecule has 4 aromatic rings. The molecule has 4 aromatic heterocycles. The molecule has 9 heteroatoms. The maximum absolute atomic E-state index is 12.4. The van der Waals surface area contributed by atoms with Gasteiger partial charge >= 0.3 is 0 Å². The number of aryl methyl sites for hydroxylation is 1. The molecular formula is C29H30N8O. The Morgan fingerprint density at radius 2 is 2.05 bits per heavy atom. The quantitative estimate of drug-likeness (QED) is 0.397. The van der Waals surface area contributed by atoms with Crippen LogP contribution in [-0.2, 0) is 11.8 Å². The molecule has 3 aliphatic rings. The van der Waals surface area contributed by atoms with Gasteiger partial charge in [0.1, 0.15) is 11.9 Å². The van der Waals surface area contributed by atoms with Gasteiger partial charge in [-0.05, 0) is 43.4 Å². The van der Waals surface area contributed by atoms with E-state index in [1.54, 1.807) is 21.5 Å².